The van der Waals surface area contributed by atoms with Crippen molar-refractivity contribution in [1.82, 2.24) is 10.2 Å². The second-order valence-corrected chi connectivity index (χ2v) is 3.21. The van der Waals surface area contributed by atoms with E-state index >= 15 is 0 Å². The van der Waals surface area contributed by atoms with Crippen molar-refractivity contribution in [3.8, 4) is 0 Å². The highest BCUT2D eigenvalue weighted by Crippen LogP contribution is 2.07. The lowest BCUT2D eigenvalue weighted by atomic mass is 10.1. The number of hydrogen-bond acceptors (Lipinski definition) is 1. The molecule has 0 radical (unpaired) electrons. The first-order valence-electron chi connectivity index (χ1n) is 4.55. The number of aryl methyl sites for hydroxylation is 1. The third kappa shape index (κ3) is 2.90. The predicted octanol–water partition coefficient (Wildman–Crippen LogP) is 2.94. The van der Waals surface area contributed by atoms with Gasteiger partial charge in [0.05, 0.1) is 11.9 Å². The fourth-order valence-electron chi connectivity index (χ4n) is 1.14. The molecule has 0 bridgehead atoms. The summed E-state index contributed by atoms with van der Waals surface area (Å²) in [5, 5.41) is 6.89. The molecule has 0 fully saturated rings. The highest BCUT2D eigenvalue weighted by Gasteiger charge is 1.95. The molecule has 1 N–H and O–H groups in total. The number of H-pyrrole nitrogens is 1. The Bertz CT molecular complexity index is 308. The van der Waals surface area contributed by atoms with Crippen LogP contribution < -0.4 is 0 Å². The monoisotopic (exact) mass is 176 g/mol. The minimum absolute atomic E-state index is 0.479. The molecule has 1 heterocycles. The van der Waals surface area contributed by atoms with Crippen molar-refractivity contribution < 1.29 is 0 Å². The summed E-state index contributed by atoms with van der Waals surface area (Å²) < 4.78 is 0. The van der Waals surface area contributed by atoms with Crippen molar-refractivity contribution in [3.63, 3.8) is 0 Å². The van der Waals surface area contributed by atoms with Crippen LogP contribution in [0.25, 0.3) is 6.08 Å². The standard InChI is InChI=1S/C11H16N2/c1-4-5-9(2)6-7-11-10(3)8-12-13-11/h4-9H,1-3H3,(H,12,13)/b5-4-,7-6-. The Hall–Kier alpha value is -1.31. The van der Waals surface area contributed by atoms with Crippen molar-refractivity contribution in [3.05, 3.63) is 35.7 Å². The van der Waals surface area contributed by atoms with Crippen LogP contribution in [0.1, 0.15) is 25.1 Å². The van der Waals surface area contributed by atoms with Gasteiger partial charge < -0.3 is 0 Å². The molecule has 1 atom stereocenters. The number of aromatic nitrogens is 2. The van der Waals surface area contributed by atoms with E-state index in [9.17, 15) is 0 Å². The fraction of sp³-hybridized carbons (Fsp3) is 0.364. The second kappa shape index (κ2) is 4.65. The zero-order chi connectivity index (χ0) is 9.68. The van der Waals surface area contributed by atoms with Crippen LogP contribution in [0, 0.1) is 12.8 Å². The summed E-state index contributed by atoms with van der Waals surface area (Å²) in [4.78, 5) is 0. The van der Waals surface area contributed by atoms with E-state index in [1.54, 1.807) is 0 Å². The van der Waals surface area contributed by atoms with Crippen molar-refractivity contribution in [2.24, 2.45) is 5.92 Å². The van der Waals surface area contributed by atoms with Gasteiger partial charge in [-0.2, -0.15) is 5.10 Å². The van der Waals surface area contributed by atoms with Crippen LogP contribution in [0.3, 0.4) is 0 Å². The Labute approximate surface area is 79.4 Å². The number of hydrogen-bond donors (Lipinski definition) is 1. The molecule has 0 aliphatic heterocycles. The summed E-state index contributed by atoms with van der Waals surface area (Å²) in [6.07, 6.45) is 10.3. The molecule has 1 aromatic rings. The Morgan fingerprint density at radius 2 is 2.23 bits per heavy atom. The van der Waals surface area contributed by atoms with Gasteiger partial charge in [-0.15, -0.1) is 0 Å². The zero-order valence-corrected chi connectivity index (χ0v) is 8.41. The van der Waals surface area contributed by atoms with E-state index in [0.29, 0.717) is 5.92 Å². The second-order valence-electron chi connectivity index (χ2n) is 3.21. The number of aromatic amines is 1. The molecule has 1 aromatic heterocycles. The van der Waals surface area contributed by atoms with Crippen molar-refractivity contribution in [1.29, 1.82) is 0 Å². The molecule has 70 valence electrons. The van der Waals surface area contributed by atoms with Crippen LogP contribution in [0.15, 0.2) is 24.4 Å². The van der Waals surface area contributed by atoms with E-state index in [2.05, 4.69) is 41.4 Å². The van der Waals surface area contributed by atoms with Gasteiger partial charge in [0.2, 0.25) is 0 Å². The fourth-order valence-corrected chi connectivity index (χ4v) is 1.14. The molecule has 0 spiro atoms. The van der Waals surface area contributed by atoms with E-state index in [-0.39, 0.29) is 0 Å². The summed E-state index contributed by atoms with van der Waals surface area (Å²) in [6, 6.07) is 0. The van der Waals surface area contributed by atoms with Crippen LogP contribution in [0.4, 0.5) is 0 Å². The molecule has 0 saturated heterocycles. The first kappa shape index (κ1) is 9.78. The van der Waals surface area contributed by atoms with Gasteiger partial charge in [0.25, 0.3) is 0 Å². The van der Waals surface area contributed by atoms with Crippen molar-refractivity contribution in [2.75, 3.05) is 0 Å². The summed E-state index contributed by atoms with van der Waals surface area (Å²) in [5.41, 5.74) is 2.28. The smallest absolute Gasteiger partial charge is 0.0604 e. The maximum atomic E-state index is 3.95. The average Bonchev–Trinajstić information content (AvgIpc) is 2.48. The summed E-state index contributed by atoms with van der Waals surface area (Å²) in [5.74, 6) is 0.479. The van der Waals surface area contributed by atoms with Crippen molar-refractivity contribution >= 4 is 6.08 Å². The van der Waals surface area contributed by atoms with Crippen LogP contribution in [0.2, 0.25) is 0 Å². The molecule has 0 saturated carbocycles. The first-order chi connectivity index (χ1) is 6.24. The van der Waals surface area contributed by atoms with Gasteiger partial charge in [-0.1, -0.05) is 25.2 Å². The van der Waals surface area contributed by atoms with Crippen LogP contribution in [0.5, 0.6) is 0 Å². The van der Waals surface area contributed by atoms with Gasteiger partial charge in [0, 0.05) is 0 Å². The number of nitrogens with one attached hydrogen (secondary N) is 1. The molecule has 1 unspecified atom stereocenters. The molecule has 2 nitrogen and oxygen atoms in total. The maximum Gasteiger partial charge on any atom is 0.0604 e. The highest BCUT2D eigenvalue weighted by atomic mass is 15.1. The van der Waals surface area contributed by atoms with E-state index in [1.807, 2.05) is 20.0 Å². The lowest BCUT2D eigenvalue weighted by molar-refractivity contribution is 0.941. The van der Waals surface area contributed by atoms with Gasteiger partial charge in [-0.25, -0.2) is 0 Å². The Morgan fingerprint density at radius 1 is 1.46 bits per heavy atom. The van der Waals surface area contributed by atoms with Gasteiger partial charge in [-0.3, -0.25) is 5.10 Å². The lowest BCUT2D eigenvalue weighted by Crippen LogP contribution is -1.82. The molecule has 0 aromatic carbocycles. The Balaban J connectivity index is 2.63. The average molecular weight is 176 g/mol. The number of nitrogens with zero attached hydrogens (tertiary/aromatic N) is 1. The minimum Gasteiger partial charge on any atom is -0.278 e. The Morgan fingerprint density at radius 3 is 2.77 bits per heavy atom. The highest BCUT2D eigenvalue weighted by molar-refractivity contribution is 5.48. The predicted molar refractivity (Wildman–Crippen MR) is 56.3 cm³/mol. The van der Waals surface area contributed by atoms with Gasteiger partial charge in [-0.05, 0) is 31.4 Å². The molecular formula is C11H16N2. The molecular weight excluding hydrogens is 160 g/mol. The quantitative estimate of drug-likeness (QED) is 0.705. The normalized spacial score (nSPS) is 14.4. The van der Waals surface area contributed by atoms with Crippen LogP contribution in [-0.2, 0) is 0 Å². The minimum atomic E-state index is 0.479. The van der Waals surface area contributed by atoms with Gasteiger partial charge in [0.15, 0.2) is 0 Å². The lowest BCUT2D eigenvalue weighted by Gasteiger charge is -1.95. The van der Waals surface area contributed by atoms with Gasteiger partial charge >= 0.3 is 0 Å². The molecule has 0 aliphatic carbocycles. The van der Waals surface area contributed by atoms with E-state index < -0.39 is 0 Å². The Kier molecular flexibility index (Phi) is 3.50. The summed E-state index contributed by atoms with van der Waals surface area (Å²) in [6.45, 7) is 6.23. The zero-order valence-electron chi connectivity index (χ0n) is 8.41. The molecule has 1 rings (SSSR count). The third-order valence-electron chi connectivity index (χ3n) is 1.93. The molecule has 0 amide bonds. The SMILES string of the molecule is C/C=C\C(C)/C=C\c1[nH]ncc1C. The topological polar surface area (TPSA) is 28.7 Å². The van der Waals surface area contributed by atoms with E-state index in [1.165, 1.54) is 5.56 Å². The molecule has 0 aliphatic rings. The molecule has 13 heavy (non-hydrogen) atoms. The first-order valence-corrected chi connectivity index (χ1v) is 4.55. The van der Waals surface area contributed by atoms with E-state index in [4.69, 9.17) is 0 Å². The largest absolute Gasteiger partial charge is 0.278 e. The van der Waals surface area contributed by atoms with E-state index in [0.717, 1.165) is 5.69 Å². The van der Waals surface area contributed by atoms with Crippen molar-refractivity contribution in [2.45, 2.75) is 20.8 Å². The maximum absolute atomic E-state index is 3.95. The molecule has 2 heteroatoms. The number of rotatable bonds is 3. The summed E-state index contributed by atoms with van der Waals surface area (Å²) in [7, 11) is 0. The summed E-state index contributed by atoms with van der Waals surface area (Å²) >= 11 is 0. The number of allylic oxidation sites excluding steroid dienone is 3. The van der Waals surface area contributed by atoms with Crippen LogP contribution >= 0.6 is 0 Å². The van der Waals surface area contributed by atoms with Crippen LogP contribution in [-0.4, -0.2) is 10.2 Å². The third-order valence-corrected chi connectivity index (χ3v) is 1.93. The van der Waals surface area contributed by atoms with Gasteiger partial charge in [0.1, 0.15) is 0 Å².